The first-order valence-corrected chi connectivity index (χ1v) is 9.73. The van der Waals surface area contributed by atoms with Crippen LogP contribution in [0.1, 0.15) is 38.8 Å². The molecule has 2 N–H and O–H groups in total. The van der Waals surface area contributed by atoms with Crippen molar-refractivity contribution in [3.8, 4) is 11.5 Å². The van der Waals surface area contributed by atoms with Gasteiger partial charge in [0.05, 0.1) is 13.2 Å². The van der Waals surface area contributed by atoms with Crippen LogP contribution in [0.2, 0.25) is 0 Å². The highest BCUT2D eigenvalue weighted by atomic mass is 127. The second kappa shape index (κ2) is 12.3. The van der Waals surface area contributed by atoms with Crippen LogP contribution >= 0.6 is 24.0 Å². The molecular formula is C20H35IN4O2. The molecular weight excluding hydrogens is 455 g/mol. The SMILES string of the molecule is CCNC(=NCc1cc2c(cc1OCC)CC(C)O2)NCCN(C)CC.I. The predicted molar refractivity (Wildman–Crippen MR) is 123 cm³/mol. The Hall–Kier alpha value is -1.22. The largest absolute Gasteiger partial charge is 0.494 e. The third kappa shape index (κ3) is 7.37. The number of rotatable bonds is 9. The number of hydrogen-bond donors (Lipinski definition) is 2. The summed E-state index contributed by atoms with van der Waals surface area (Å²) in [6, 6.07) is 4.20. The number of fused-ring (bicyclic) bond motifs is 1. The van der Waals surface area contributed by atoms with Crippen LogP contribution in [0.25, 0.3) is 0 Å². The van der Waals surface area contributed by atoms with Gasteiger partial charge in [-0.15, -0.1) is 24.0 Å². The molecule has 0 aromatic heterocycles. The molecule has 27 heavy (non-hydrogen) atoms. The quantitative estimate of drug-likeness (QED) is 0.317. The van der Waals surface area contributed by atoms with Crippen LogP contribution in [-0.4, -0.2) is 56.8 Å². The van der Waals surface area contributed by atoms with Gasteiger partial charge >= 0.3 is 0 Å². The van der Waals surface area contributed by atoms with Crippen molar-refractivity contribution in [2.45, 2.75) is 46.8 Å². The maximum atomic E-state index is 5.90. The van der Waals surface area contributed by atoms with Gasteiger partial charge in [-0.3, -0.25) is 0 Å². The van der Waals surface area contributed by atoms with E-state index in [1.54, 1.807) is 0 Å². The molecule has 1 unspecified atom stereocenters. The van der Waals surface area contributed by atoms with Crippen LogP contribution < -0.4 is 20.1 Å². The second-order valence-corrected chi connectivity index (χ2v) is 6.65. The molecule has 0 bridgehead atoms. The molecule has 1 aliphatic heterocycles. The zero-order chi connectivity index (χ0) is 18.9. The normalized spacial score (nSPS) is 15.8. The Kier molecular flexibility index (Phi) is 10.8. The maximum absolute atomic E-state index is 5.90. The Morgan fingerprint density at radius 3 is 2.74 bits per heavy atom. The van der Waals surface area contributed by atoms with Crippen LogP contribution in [0.3, 0.4) is 0 Å². The summed E-state index contributed by atoms with van der Waals surface area (Å²) in [6.45, 7) is 13.3. The standard InChI is InChI=1S/C20H34N4O2.HI/c1-6-21-20(22-9-10-24(5)7-2)23-14-17-13-19-16(11-15(4)26-19)12-18(17)25-8-3;/h12-13,15H,6-11,14H2,1-5H3,(H2,21,22,23);1H. The Bertz CT molecular complexity index is 610. The number of guanidine groups is 1. The van der Waals surface area contributed by atoms with Gasteiger partial charge in [0.15, 0.2) is 5.96 Å². The fraction of sp³-hybridized carbons (Fsp3) is 0.650. The van der Waals surface area contributed by atoms with Gasteiger partial charge in [0.25, 0.3) is 0 Å². The molecule has 0 amide bonds. The van der Waals surface area contributed by atoms with Gasteiger partial charge in [-0.1, -0.05) is 6.92 Å². The summed E-state index contributed by atoms with van der Waals surface area (Å²) >= 11 is 0. The van der Waals surface area contributed by atoms with Crippen molar-refractivity contribution < 1.29 is 9.47 Å². The lowest BCUT2D eigenvalue weighted by molar-refractivity contribution is 0.254. The van der Waals surface area contributed by atoms with Crippen molar-refractivity contribution in [1.82, 2.24) is 15.5 Å². The highest BCUT2D eigenvalue weighted by Crippen LogP contribution is 2.35. The number of nitrogens with zero attached hydrogens (tertiary/aromatic N) is 2. The Morgan fingerprint density at radius 2 is 2.07 bits per heavy atom. The topological polar surface area (TPSA) is 58.1 Å². The van der Waals surface area contributed by atoms with Crippen LogP contribution in [0, 0.1) is 0 Å². The van der Waals surface area contributed by atoms with E-state index in [-0.39, 0.29) is 30.1 Å². The van der Waals surface area contributed by atoms with Gasteiger partial charge < -0.3 is 25.0 Å². The maximum Gasteiger partial charge on any atom is 0.191 e. The highest BCUT2D eigenvalue weighted by Gasteiger charge is 2.21. The van der Waals surface area contributed by atoms with Crippen molar-refractivity contribution in [2.24, 2.45) is 4.99 Å². The molecule has 2 rings (SSSR count). The third-order valence-electron chi connectivity index (χ3n) is 4.46. The van der Waals surface area contributed by atoms with Crippen molar-refractivity contribution in [3.05, 3.63) is 23.3 Å². The van der Waals surface area contributed by atoms with E-state index in [0.717, 1.165) is 55.6 Å². The molecule has 1 aromatic rings. The van der Waals surface area contributed by atoms with Crippen LogP contribution in [0.5, 0.6) is 11.5 Å². The van der Waals surface area contributed by atoms with Gasteiger partial charge in [0, 0.05) is 37.2 Å². The van der Waals surface area contributed by atoms with E-state index in [0.29, 0.717) is 13.2 Å². The minimum atomic E-state index is 0. The number of nitrogens with one attached hydrogen (secondary N) is 2. The monoisotopic (exact) mass is 490 g/mol. The number of likely N-dealkylation sites (N-methyl/N-ethyl adjacent to an activating group) is 1. The lowest BCUT2D eigenvalue weighted by Gasteiger charge is -2.16. The highest BCUT2D eigenvalue weighted by molar-refractivity contribution is 14.0. The summed E-state index contributed by atoms with van der Waals surface area (Å²) in [5.41, 5.74) is 2.28. The fourth-order valence-corrected chi connectivity index (χ4v) is 2.92. The van der Waals surface area contributed by atoms with E-state index in [1.165, 1.54) is 5.56 Å². The zero-order valence-electron chi connectivity index (χ0n) is 17.3. The third-order valence-corrected chi connectivity index (χ3v) is 4.46. The molecule has 0 fully saturated rings. The number of benzene rings is 1. The van der Waals surface area contributed by atoms with Gasteiger partial charge in [-0.2, -0.15) is 0 Å². The Balaban J connectivity index is 0.00000364. The number of aliphatic imine (C=N–C) groups is 1. The van der Waals surface area contributed by atoms with Gasteiger partial charge in [0.1, 0.15) is 17.6 Å². The lowest BCUT2D eigenvalue weighted by atomic mass is 10.1. The summed E-state index contributed by atoms with van der Waals surface area (Å²) in [5.74, 6) is 2.71. The molecule has 0 aliphatic carbocycles. The van der Waals surface area contributed by atoms with E-state index in [4.69, 9.17) is 14.5 Å². The number of halogens is 1. The summed E-state index contributed by atoms with van der Waals surface area (Å²) in [5, 5.41) is 6.70. The van der Waals surface area contributed by atoms with Gasteiger partial charge in [0.2, 0.25) is 0 Å². The first kappa shape index (κ1) is 23.8. The van der Waals surface area contributed by atoms with Crippen LogP contribution in [0.4, 0.5) is 0 Å². The molecule has 1 heterocycles. The average molecular weight is 490 g/mol. The number of ether oxygens (including phenoxy) is 2. The lowest BCUT2D eigenvalue weighted by Crippen LogP contribution is -2.40. The predicted octanol–water partition coefficient (Wildman–Crippen LogP) is 3.03. The average Bonchev–Trinajstić information content (AvgIpc) is 2.98. The molecule has 0 saturated carbocycles. The zero-order valence-corrected chi connectivity index (χ0v) is 19.6. The minimum Gasteiger partial charge on any atom is -0.494 e. The molecule has 6 nitrogen and oxygen atoms in total. The summed E-state index contributed by atoms with van der Waals surface area (Å²) in [7, 11) is 2.12. The van der Waals surface area contributed by atoms with E-state index >= 15 is 0 Å². The molecule has 0 spiro atoms. The summed E-state index contributed by atoms with van der Waals surface area (Å²) in [4.78, 5) is 7.00. The molecule has 1 atom stereocenters. The molecule has 154 valence electrons. The number of hydrogen-bond acceptors (Lipinski definition) is 4. The first-order valence-electron chi connectivity index (χ1n) is 9.73. The van der Waals surface area contributed by atoms with Crippen molar-refractivity contribution >= 4 is 29.9 Å². The van der Waals surface area contributed by atoms with Crippen molar-refractivity contribution in [2.75, 3.05) is 39.8 Å². The smallest absolute Gasteiger partial charge is 0.191 e. The fourth-order valence-electron chi connectivity index (χ4n) is 2.92. The van der Waals surface area contributed by atoms with Crippen LogP contribution in [-0.2, 0) is 13.0 Å². The Labute approximate surface area is 181 Å². The Morgan fingerprint density at radius 1 is 1.30 bits per heavy atom. The minimum absolute atomic E-state index is 0. The molecule has 0 saturated heterocycles. The van der Waals surface area contributed by atoms with E-state index < -0.39 is 0 Å². The second-order valence-electron chi connectivity index (χ2n) is 6.65. The van der Waals surface area contributed by atoms with Crippen LogP contribution in [0.15, 0.2) is 17.1 Å². The van der Waals surface area contributed by atoms with Crippen molar-refractivity contribution in [3.63, 3.8) is 0 Å². The first-order chi connectivity index (χ1) is 12.6. The molecule has 1 aliphatic rings. The molecule has 7 heteroatoms. The summed E-state index contributed by atoms with van der Waals surface area (Å²) < 4.78 is 11.7. The summed E-state index contributed by atoms with van der Waals surface area (Å²) in [6.07, 6.45) is 1.17. The van der Waals surface area contributed by atoms with Gasteiger partial charge in [-0.05, 0) is 46.5 Å². The van der Waals surface area contributed by atoms with E-state index in [9.17, 15) is 0 Å². The van der Waals surface area contributed by atoms with Gasteiger partial charge in [-0.25, -0.2) is 4.99 Å². The van der Waals surface area contributed by atoms with Crippen molar-refractivity contribution in [1.29, 1.82) is 0 Å². The molecule has 0 radical (unpaired) electrons. The van der Waals surface area contributed by atoms with E-state index in [1.807, 2.05) is 6.92 Å². The molecule has 1 aromatic carbocycles. The van der Waals surface area contributed by atoms with E-state index in [2.05, 4.69) is 55.5 Å².